The third-order valence-corrected chi connectivity index (χ3v) is 6.46. The molecule has 0 spiro atoms. The Hall–Kier alpha value is -3.14. The van der Waals surface area contributed by atoms with Gasteiger partial charge in [0.1, 0.15) is 12.2 Å². The van der Waals surface area contributed by atoms with Crippen molar-refractivity contribution in [1.29, 1.82) is 0 Å². The average molecular weight is 415 g/mol. The third-order valence-electron chi connectivity index (χ3n) is 6.46. The van der Waals surface area contributed by atoms with E-state index < -0.39 is 0 Å². The van der Waals surface area contributed by atoms with Gasteiger partial charge in [0, 0.05) is 5.92 Å². The van der Waals surface area contributed by atoms with Gasteiger partial charge in [-0.05, 0) is 76.7 Å². The monoisotopic (exact) mass is 414 g/mol. The molecule has 158 valence electrons. The number of hydrogen-bond acceptors (Lipinski definition) is 4. The lowest BCUT2D eigenvalue weighted by Gasteiger charge is -2.20. The first-order valence-corrected chi connectivity index (χ1v) is 11.1. The summed E-state index contributed by atoms with van der Waals surface area (Å²) < 4.78 is 11.4. The molecule has 0 bridgehead atoms. The predicted molar refractivity (Wildman–Crippen MR) is 121 cm³/mol. The van der Waals surface area contributed by atoms with Crippen LogP contribution in [0.25, 0.3) is 21.5 Å². The fourth-order valence-electron chi connectivity index (χ4n) is 4.78. The first kappa shape index (κ1) is 19.8. The number of carbonyl (C=O) groups excluding carboxylic acids is 2. The molecule has 1 saturated heterocycles. The second-order valence-corrected chi connectivity index (χ2v) is 8.66. The Morgan fingerprint density at radius 2 is 1.77 bits per heavy atom. The fraction of sp³-hybridized carbons (Fsp3) is 0.333. The summed E-state index contributed by atoms with van der Waals surface area (Å²) in [6.07, 6.45) is 5.62. The highest BCUT2D eigenvalue weighted by Crippen LogP contribution is 2.38. The number of benzene rings is 3. The molecule has 0 aromatic heterocycles. The highest BCUT2D eigenvalue weighted by atomic mass is 16.6. The van der Waals surface area contributed by atoms with Crippen LogP contribution in [-0.4, -0.2) is 24.1 Å². The van der Waals surface area contributed by atoms with Crippen molar-refractivity contribution in [3.63, 3.8) is 0 Å². The summed E-state index contributed by atoms with van der Waals surface area (Å²) in [4.78, 5) is 24.6. The number of carbonyl (C=O) groups is 2. The van der Waals surface area contributed by atoms with Crippen LogP contribution in [0, 0.1) is 5.92 Å². The maximum absolute atomic E-state index is 13.0. The summed E-state index contributed by atoms with van der Waals surface area (Å²) in [5, 5.41) is 4.47. The summed E-state index contributed by atoms with van der Waals surface area (Å²) in [6.45, 7) is 2.13. The van der Waals surface area contributed by atoms with Gasteiger partial charge < -0.3 is 9.47 Å². The summed E-state index contributed by atoms with van der Waals surface area (Å²) in [6, 6.07) is 18.2. The van der Waals surface area contributed by atoms with E-state index in [1.165, 1.54) is 5.39 Å². The van der Waals surface area contributed by atoms with Crippen molar-refractivity contribution >= 4 is 33.5 Å². The van der Waals surface area contributed by atoms with Gasteiger partial charge in [-0.25, -0.2) is 4.79 Å². The van der Waals surface area contributed by atoms with E-state index in [1.54, 1.807) is 0 Å². The molecule has 31 heavy (non-hydrogen) atoms. The zero-order valence-corrected chi connectivity index (χ0v) is 17.7. The number of fused-ring (bicyclic) bond motifs is 3. The van der Waals surface area contributed by atoms with Crippen molar-refractivity contribution in [1.82, 2.24) is 0 Å². The molecular weight excluding hydrogens is 388 g/mol. The molecule has 3 atom stereocenters. The minimum absolute atomic E-state index is 0.129. The first-order chi connectivity index (χ1) is 15.1. The fourth-order valence-corrected chi connectivity index (χ4v) is 4.78. The van der Waals surface area contributed by atoms with Crippen LogP contribution in [0.2, 0.25) is 0 Å². The van der Waals surface area contributed by atoms with Crippen molar-refractivity contribution in [2.45, 2.75) is 51.2 Å². The molecular formula is C27H26O4. The Kier molecular flexibility index (Phi) is 5.23. The van der Waals surface area contributed by atoms with Gasteiger partial charge in [-0.2, -0.15) is 0 Å². The smallest absolute Gasteiger partial charge is 0.338 e. The lowest BCUT2D eigenvalue weighted by Crippen LogP contribution is -2.21. The molecule has 3 aromatic carbocycles. The van der Waals surface area contributed by atoms with Crippen LogP contribution in [0.4, 0.5) is 0 Å². The van der Waals surface area contributed by atoms with Gasteiger partial charge in [0.25, 0.3) is 0 Å². The number of ether oxygens (including phenoxy) is 2. The van der Waals surface area contributed by atoms with E-state index >= 15 is 0 Å². The summed E-state index contributed by atoms with van der Waals surface area (Å²) in [5.74, 6) is -0.235. The molecule has 1 fully saturated rings. The molecule has 0 amide bonds. The highest BCUT2D eigenvalue weighted by molar-refractivity contribution is 6.01. The van der Waals surface area contributed by atoms with Gasteiger partial charge in [0.15, 0.2) is 0 Å². The molecule has 1 aliphatic heterocycles. The molecule has 0 N–H and O–H groups in total. The number of esters is 2. The van der Waals surface area contributed by atoms with Crippen LogP contribution < -0.4 is 0 Å². The molecule has 5 rings (SSSR count). The Labute approximate surface area is 181 Å². The minimum atomic E-state index is -0.300. The normalized spacial score (nSPS) is 21.1. The Morgan fingerprint density at radius 3 is 2.52 bits per heavy atom. The average Bonchev–Trinajstić information content (AvgIpc) is 3.32. The van der Waals surface area contributed by atoms with Crippen molar-refractivity contribution in [3.05, 3.63) is 71.8 Å². The van der Waals surface area contributed by atoms with E-state index in [-0.39, 0.29) is 30.1 Å². The molecule has 0 saturated carbocycles. The SMILES string of the molecule is CCCC[C@H](OC(=O)c1ccc2cc3ccccc3cc2c1)C1=C[C@H]2OC(=O)C[C@H]2C1. The van der Waals surface area contributed by atoms with Crippen LogP contribution in [-0.2, 0) is 14.3 Å². The lowest BCUT2D eigenvalue weighted by atomic mass is 9.97. The topological polar surface area (TPSA) is 52.6 Å². The Balaban J connectivity index is 1.38. The quantitative estimate of drug-likeness (QED) is 0.283. The second kappa shape index (κ2) is 8.18. The maximum Gasteiger partial charge on any atom is 0.338 e. The van der Waals surface area contributed by atoms with Crippen LogP contribution in [0.15, 0.2) is 66.2 Å². The second-order valence-electron chi connectivity index (χ2n) is 8.66. The van der Waals surface area contributed by atoms with Gasteiger partial charge >= 0.3 is 11.9 Å². The Bertz CT molecular complexity index is 1190. The lowest BCUT2D eigenvalue weighted by molar-refractivity contribution is -0.140. The van der Waals surface area contributed by atoms with E-state index in [1.807, 2.05) is 36.4 Å². The zero-order valence-electron chi connectivity index (χ0n) is 17.7. The number of rotatable bonds is 6. The molecule has 4 heteroatoms. The van der Waals surface area contributed by atoms with Gasteiger partial charge in [0.2, 0.25) is 0 Å². The molecule has 3 aromatic rings. The zero-order chi connectivity index (χ0) is 21.4. The van der Waals surface area contributed by atoms with Crippen molar-refractivity contribution < 1.29 is 19.1 Å². The molecule has 1 aliphatic carbocycles. The Morgan fingerprint density at radius 1 is 1.03 bits per heavy atom. The summed E-state index contributed by atoms with van der Waals surface area (Å²) in [7, 11) is 0. The highest BCUT2D eigenvalue weighted by Gasteiger charge is 2.40. The minimum Gasteiger partial charge on any atom is -0.458 e. The molecule has 0 radical (unpaired) electrons. The molecule has 4 nitrogen and oxygen atoms in total. The van der Waals surface area contributed by atoms with Gasteiger partial charge in [0.05, 0.1) is 12.0 Å². The standard InChI is InChI=1S/C27H26O4/c1-2-3-8-24(22-14-23-16-26(28)30-25(23)15-22)31-27(29)20-10-9-19-11-17-6-4-5-7-18(17)12-21(19)13-20/h4-7,9-13,15,23-25H,2-3,8,14,16H2,1H3/t23-,24+,25-/m1/s1. The van der Waals surface area contributed by atoms with E-state index in [2.05, 4.69) is 31.2 Å². The summed E-state index contributed by atoms with van der Waals surface area (Å²) >= 11 is 0. The predicted octanol–water partition coefficient (Wildman–Crippen LogP) is 5.97. The van der Waals surface area contributed by atoms with Crippen LogP contribution >= 0.6 is 0 Å². The van der Waals surface area contributed by atoms with Crippen LogP contribution in [0.3, 0.4) is 0 Å². The van der Waals surface area contributed by atoms with Crippen LogP contribution in [0.5, 0.6) is 0 Å². The first-order valence-electron chi connectivity index (χ1n) is 11.1. The van der Waals surface area contributed by atoms with E-state index in [4.69, 9.17) is 9.47 Å². The number of unbranched alkanes of at least 4 members (excludes halogenated alkanes) is 1. The van der Waals surface area contributed by atoms with Gasteiger partial charge in [-0.1, -0.05) is 43.7 Å². The number of hydrogen-bond donors (Lipinski definition) is 0. The summed E-state index contributed by atoms with van der Waals surface area (Å²) in [5.41, 5.74) is 1.66. The molecule has 1 heterocycles. The van der Waals surface area contributed by atoms with Crippen molar-refractivity contribution in [3.8, 4) is 0 Å². The van der Waals surface area contributed by atoms with Crippen molar-refractivity contribution in [2.75, 3.05) is 0 Å². The van der Waals surface area contributed by atoms with Gasteiger partial charge in [-0.15, -0.1) is 0 Å². The van der Waals surface area contributed by atoms with E-state index in [0.29, 0.717) is 12.0 Å². The molecule has 0 unspecified atom stereocenters. The molecule has 2 aliphatic rings. The van der Waals surface area contributed by atoms with E-state index in [9.17, 15) is 9.59 Å². The van der Waals surface area contributed by atoms with Crippen molar-refractivity contribution in [2.24, 2.45) is 5.92 Å². The largest absolute Gasteiger partial charge is 0.458 e. The van der Waals surface area contributed by atoms with Gasteiger partial charge in [-0.3, -0.25) is 4.79 Å². The maximum atomic E-state index is 13.0. The third kappa shape index (κ3) is 3.95. The van der Waals surface area contributed by atoms with Crippen LogP contribution in [0.1, 0.15) is 49.4 Å². The van der Waals surface area contributed by atoms with E-state index in [0.717, 1.165) is 47.4 Å².